The molecule has 1 saturated heterocycles. The van der Waals surface area contributed by atoms with Gasteiger partial charge in [-0.2, -0.15) is 10.2 Å². The molecule has 0 bridgehead atoms. The largest absolute Gasteiger partial charge is 0.318 e. The number of amides is 1. The van der Waals surface area contributed by atoms with Crippen LogP contribution in [0.2, 0.25) is 0 Å². The first-order valence-electron chi connectivity index (χ1n) is 11.0. The summed E-state index contributed by atoms with van der Waals surface area (Å²) in [5.74, 6) is -1.67. The summed E-state index contributed by atoms with van der Waals surface area (Å²) in [7, 11) is 1.77. The molecule has 1 amide bonds. The van der Waals surface area contributed by atoms with Gasteiger partial charge in [-0.15, -0.1) is 0 Å². The van der Waals surface area contributed by atoms with Gasteiger partial charge in [0.05, 0.1) is 11.9 Å². The first-order chi connectivity index (χ1) is 16.0. The van der Waals surface area contributed by atoms with Crippen LogP contribution < -0.4 is 5.32 Å². The molecule has 33 heavy (non-hydrogen) atoms. The van der Waals surface area contributed by atoms with Crippen molar-refractivity contribution < 1.29 is 13.6 Å². The number of carbonyl (C=O) groups is 1. The SMILES string of the molecule is Cn1cc(-c2cc(F)c3[nH]nc(C(=O)Nc4ccc(CN5CCCCC5)cc4F)c3c2)cn1. The molecule has 7 nitrogen and oxygen atoms in total. The second kappa shape index (κ2) is 8.74. The molecule has 4 aromatic rings. The van der Waals surface area contributed by atoms with Crippen LogP contribution in [-0.2, 0) is 13.6 Å². The summed E-state index contributed by atoms with van der Waals surface area (Å²) in [6.07, 6.45) is 6.93. The van der Waals surface area contributed by atoms with E-state index in [1.807, 2.05) is 6.07 Å². The molecule has 170 valence electrons. The van der Waals surface area contributed by atoms with Crippen LogP contribution in [0.5, 0.6) is 0 Å². The van der Waals surface area contributed by atoms with Crippen molar-refractivity contribution in [3.8, 4) is 11.1 Å². The van der Waals surface area contributed by atoms with E-state index >= 15 is 0 Å². The number of carbonyl (C=O) groups excluding carboxylic acids is 1. The van der Waals surface area contributed by atoms with Crippen LogP contribution in [0.1, 0.15) is 35.3 Å². The van der Waals surface area contributed by atoms with E-state index < -0.39 is 17.5 Å². The zero-order valence-electron chi connectivity index (χ0n) is 18.2. The van der Waals surface area contributed by atoms with Crippen LogP contribution in [0, 0.1) is 11.6 Å². The highest BCUT2D eigenvalue weighted by Gasteiger charge is 2.20. The van der Waals surface area contributed by atoms with E-state index in [2.05, 4.69) is 25.5 Å². The lowest BCUT2D eigenvalue weighted by atomic mass is 10.1. The molecule has 0 atom stereocenters. The number of piperidine rings is 1. The third-order valence-corrected chi connectivity index (χ3v) is 6.01. The van der Waals surface area contributed by atoms with Gasteiger partial charge >= 0.3 is 0 Å². The van der Waals surface area contributed by atoms with Crippen LogP contribution in [0.4, 0.5) is 14.5 Å². The fraction of sp³-hybridized carbons (Fsp3) is 0.292. The number of nitrogens with one attached hydrogen (secondary N) is 2. The van der Waals surface area contributed by atoms with E-state index in [1.165, 1.54) is 18.6 Å². The van der Waals surface area contributed by atoms with Gasteiger partial charge in [0, 0.05) is 30.7 Å². The van der Waals surface area contributed by atoms with Crippen molar-refractivity contribution in [3.63, 3.8) is 0 Å². The van der Waals surface area contributed by atoms with Gasteiger partial charge in [-0.05, 0) is 61.3 Å². The molecule has 1 aliphatic rings. The number of anilines is 1. The number of aromatic nitrogens is 4. The lowest BCUT2D eigenvalue weighted by molar-refractivity contribution is 0.102. The van der Waals surface area contributed by atoms with Crippen molar-refractivity contribution in [1.29, 1.82) is 0 Å². The highest BCUT2D eigenvalue weighted by atomic mass is 19.1. The summed E-state index contributed by atoms with van der Waals surface area (Å²) in [6, 6.07) is 7.86. The standard InChI is InChI=1S/C24H24F2N6O/c1-31-14-17(12-27-31)16-10-18-22(20(26)11-16)29-30-23(18)24(33)28-21-6-5-15(9-19(21)25)13-32-7-3-2-4-8-32/h5-6,9-12,14H,2-4,7-8,13H2,1H3,(H,28,33)(H,29,30). The molecular weight excluding hydrogens is 426 g/mol. The van der Waals surface area contributed by atoms with Crippen molar-refractivity contribution in [2.75, 3.05) is 18.4 Å². The number of nitrogens with zero attached hydrogens (tertiary/aromatic N) is 4. The molecule has 0 unspecified atom stereocenters. The summed E-state index contributed by atoms with van der Waals surface area (Å²) >= 11 is 0. The molecule has 1 aliphatic heterocycles. The fourth-order valence-electron chi connectivity index (χ4n) is 4.30. The molecule has 5 rings (SSSR count). The van der Waals surface area contributed by atoms with E-state index in [0.717, 1.165) is 31.5 Å². The number of likely N-dealkylation sites (tertiary alicyclic amines) is 1. The number of halogens is 2. The maximum Gasteiger partial charge on any atom is 0.276 e. The van der Waals surface area contributed by atoms with E-state index in [9.17, 15) is 13.6 Å². The Morgan fingerprint density at radius 1 is 1.09 bits per heavy atom. The van der Waals surface area contributed by atoms with Gasteiger partial charge in [0.25, 0.3) is 5.91 Å². The monoisotopic (exact) mass is 450 g/mol. The Hall–Kier alpha value is -3.59. The number of aromatic amines is 1. The average molecular weight is 450 g/mol. The maximum absolute atomic E-state index is 14.7. The van der Waals surface area contributed by atoms with Gasteiger partial charge in [-0.25, -0.2) is 8.78 Å². The van der Waals surface area contributed by atoms with E-state index in [1.54, 1.807) is 36.3 Å². The minimum Gasteiger partial charge on any atom is -0.318 e. The number of hydrogen-bond acceptors (Lipinski definition) is 4. The minimum atomic E-state index is -0.619. The average Bonchev–Trinajstić information content (AvgIpc) is 3.43. The Kier molecular flexibility index (Phi) is 5.63. The van der Waals surface area contributed by atoms with Crippen LogP contribution in [-0.4, -0.2) is 43.9 Å². The minimum absolute atomic E-state index is 0.00793. The Balaban J connectivity index is 1.38. The molecule has 1 fully saturated rings. The number of hydrogen-bond donors (Lipinski definition) is 2. The van der Waals surface area contributed by atoms with Gasteiger partial charge in [0.2, 0.25) is 0 Å². The predicted octanol–water partition coefficient (Wildman–Crippen LogP) is 4.48. The van der Waals surface area contributed by atoms with E-state index in [0.29, 0.717) is 23.1 Å². The molecule has 9 heteroatoms. The van der Waals surface area contributed by atoms with Crippen molar-refractivity contribution in [1.82, 2.24) is 24.9 Å². The van der Waals surface area contributed by atoms with Crippen molar-refractivity contribution in [2.24, 2.45) is 7.05 Å². The molecule has 2 aromatic heterocycles. The van der Waals surface area contributed by atoms with E-state index in [-0.39, 0.29) is 16.9 Å². The zero-order chi connectivity index (χ0) is 22.9. The summed E-state index contributed by atoms with van der Waals surface area (Å²) in [6.45, 7) is 2.72. The third-order valence-electron chi connectivity index (χ3n) is 6.01. The van der Waals surface area contributed by atoms with Crippen LogP contribution in [0.25, 0.3) is 22.0 Å². The van der Waals surface area contributed by atoms with E-state index in [4.69, 9.17) is 0 Å². The van der Waals surface area contributed by atoms with Crippen LogP contribution in [0.3, 0.4) is 0 Å². The summed E-state index contributed by atoms with van der Waals surface area (Å²) in [4.78, 5) is 15.2. The molecule has 0 radical (unpaired) electrons. The maximum atomic E-state index is 14.7. The van der Waals surface area contributed by atoms with Crippen molar-refractivity contribution >= 4 is 22.5 Å². The van der Waals surface area contributed by atoms with Crippen LogP contribution in [0.15, 0.2) is 42.7 Å². The molecular formula is C24H24F2N6O. The van der Waals surface area contributed by atoms with Gasteiger partial charge in [0.1, 0.15) is 17.2 Å². The second-order valence-corrected chi connectivity index (χ2v) is 8.46. The summed E-state index contributed by atoms with van der Waals surface area (Å²) in [5, 5.41) is 13.5. The lowest BCUT2D eigenvalue weighted by Crippen LogP contribution is -2.29. The summed E-state index contributed by atoms with van der Waals surface area (Å²) in [5.41, 5.74) is 2.30. The number of H-pyrrole nitrogens is 1. The Bertz CT molecular complexity index is 1320. The van der Waals surface area contributed by atoms with Gasteiger partial charge in [0.15, 0.2) is 5.69 Å². The highest BCUT2D eigenvalue weighted by Crippen LogP contribution is 2.28. The molecule has 0 spiro atoms. The molecule has 3 heterocycles. The quantitative estimate of drug-likeness (QED) is 0.470. The Morgan fingerprint density at radius 3 is 2.64 bits per heavy atom. The van der Waals surface area contributed by atoms with Crippen molar-refractivity contribution in [2.45, 2.75) is 25.8 Å². The molecule has 2 N–H and O–H groups in total. The first-order valence-corrected chi connectivity index (χ1v) is 11.0. The normalized spacial score (nSPS) is 14.6. The van der Waals surface area contributed by atoms with Gasteiger partial charge < -0.3 is 5.32 Å². The van der Waals surface area contributed by atoms with Gasteiger partial charge in [-0.1, -0.05) is 12.5 Å². The molecule has 0 saturated carbocycles. The van der Waals surface area contributed by atoms with Crippen molar-refractivity contribution in [3.05, 3.63) is 65.6 Å². The Morgan fingerprint density at radius 2 is 1.91 bits per heavy atom. The highest BCUT2D eigenvalue weighted by molar-refractivity contribution is 6.11. The molecule has 0 aliphatic carbocycles. The smallest absolute Gasteiger partial charge is 0.276 e. The Labute approximate surface area is 189 Å². The first kappa shape index (κ1) is 21.3. The van der Waals surface area contributed by atoms with Crippen LogP contribution >= 0.6 is 0 Å². The predicted molar refractivity (Wildman–Crippen MR) is 122 cm³/mol. The summed E-state index contributed by atoms with van der Waals surface area (Å²) < 4.78 is 31.0. The number of fused-ring (bicyclic) bond motifs is 1. The zero-order valence-corrected chi connectivity index (χ0v) is 18.2. The fourth-order valence-corrected chi connectivity index (χ4v) is 4.30. The number of benzene rings is 2. The third kappa shape index (κ3) is 4.36. The number of aryl methyl sites for hydroxylation is 1. The van der Waals surface area contributed by atoms with Gasteiger partial charge in [-0.3, -0.25) is 19.5 Å². The molecule has 2 aromatic carbocycles. The topological polar surface area (TPSA) is 78.8 Å². The second-order valence-electron chi connectivity index (χ2n) is 8.46. The lowest BCUT2D eigenvalue weighted by Gasteiger charge is -2.26. The number of rotatable bonds is 5.